The molecule has 35 heavy (non-hydrogen) atoms. The second-order valence-electron chi connectivity index (χ2n) is 8.81. The van der Waals surface area contributed by atoms with Gasteiger partial charge in [0, 0.05) is 25.5 Å². The third-order valence-electron chi connectivity index (χ3n) is 6.06. The Morgan fingerprint density at radius 2 is 2.03 bits per heavy atom. The van der Waals surface area contributed by atoms with Crippen molar-refractivity contribution in [3.63, 3.8) is 0 Å². The summed E-state index contributed by atoms with van der Waals surface area (Å²) in [7, 11) is -2.55. The lowest BCUT2D eigenvalue weighted by molar-refractivity contribution is -0.128. The number of halogens is 1. The molecule has 13 heteroatoms. The van der Waals surface area contributed by atoms with E-state index in [1.54, 1.807) is 44.3 Å². The second kappa shape index (κ2) is 9.79. The molecule has 1 aromatic heterocycles. The molecule has 2 fully saturated rings. The molecule has 1 amide bonds. The summed E-state index contributed by atoms with van der Waals surface area (Å²) in [5, 5.41) is 13.3. The summed E-state index contributed by atoms with van der Waals surface area (Å²) in [6.45, 7) is 2.64. The summed E-state index contributed by atoms with van der Waals surface area (Å²) in [6.07, 6.45) is -2.78. The van der Waals surface area contributed by atoms with E-state index in [9.17, 15) is 19.3 Å². The predicted molar refractivity (Wildman–Crippen MR) is 122 cm³/mol. The van der Waals surface area contributed by atoms with Crippen molar-refractivity contribution in [2.24, 2.45) is 0 Å². The molecule has 6 atom stereocenters. The maximum absolute atomic E-state index is 15.5. The van der Waals surface area contributed by atoms with Crippen molar-refractivity contribution in [2.75, 3.05) is 20.2 Å². The molecular weight excluding hydrogens is 482 g/mol. The van der Waals surface area contributed by atoms with Crippen LogP contribution in [0.4, 0.5) is 4.39 Å². The van der Waals surface area contributed by atoms with Crippen molar-refractivity contribution in [3.05, 3.63) is 58.8 Å². The molecule has 0 aliphatic carbocycles. The van der Waals surface area contributed by atoms with E-state index in [4.69, 9.17) is 13.8 Å². The van der Waals surface area contributed by atoms with Crippen LogP contribution in [0.25, 0.3) is 0 Å². The van der Waals surface area contributed by atoms with Gasteiger partial charge in [-0.15, -0.1) is 0 Å². The van der Waals surface area contributed by atoms with Crippen molar-refractivity contribution in [1.82, 2.24) is 19.5 Å². The number of alkyl halides is 1. The lowest BCUT2D eigenvalue weighted by Gasteiger charge is -2.25. The number of carbonyl (C=O) groups is 1. The SMILES string of the molecule is Cc1ccn([C@@H]2O[C@H](COP(=O)(NC3CCN(C)C3=O)Oc3ccccc3)[C@@H](O)[C@@]2(C)F)c(=O)n1. The average Bonchev–Trinajstić information content (AvgIpc) is 3.23. The molecule has 0 radical (unpaired) electrons. The zero-order chi connectivity index (χ0) is 25.4. The number of para-hydroxylation sites is 1. The molecule has 190 valence electrons. The highest BCUT2D eigenvalue weighted by atomic mass is 31.2. The van der Waals surface area contributed by atoms with Crippen molar-refractivity contribution >= 4 is 13.7 Å². The number of hydrogen-bond donors (Lipinski definition) is 2. The van der Waals surface area contributed by atoms with Crippen LogP contribution in [0.1, 0.15) is 25.3 Å². The Bertz CT molecular complexity index is 1180. The molecule has 3 heterocycles. The molecule has 2 saturated heterocycles. The summed E-state index contributed by atoms with van der Waals surface area (Å²) < 4.78 is 46.9. The number of aliphatic hydroxyl groups excluding tert-OH is 1. The Balaban J connectivity index is 1.53. The van der Waals surface area contributed by atoms with Crippen molar-refractivity contribution in [1.29, 1.82) is 0 Å². The smallest absolute Gasteiger partial charge is 0.413 e. The zero-order valence-corrected chi connectivity index (χ0v) is 20.4. The summed E-state index contributed by atoms with van der Waals surface area (Å²) in [4.78, 5) is 29.9. The first kappa shape index (κ1) is 25.5. The number of aromatic nitrogens is 2. The number of amides is 1. The predicted octanol–water partition coefficient (Wildman–Crippen LogP) is 1.56. The third-order valence-corrected chi connectivity index (χ3v) is 7.63. The van der Waals surface area contributed by atoms with Crippen molar-refractivity contribution in [3.8, 4) is 5.75 Å². The number of likely N-dealkylation sites (N-methyl/N-ethyl adjacent to an activating group) is 1. The number of carbonyl (C=O) groups excluding carboxylic acids is 1. The van der Waals surface area contributed by atoms with Crippen molar-refractivity contribution < 1.29 is 32.6 Å². The molecule has 11 nitrogen and oxygen atoms in total. The highest BCUT2D eigenvalue weighted by Crippen LogP contribution is 2.48. The molecule has 2 aliphatic rings. The van der Waals surface area contributed by atoms with Gasteiger partial charge in [-0.1, -0.05) is 18.2 Å². The van der Waals surface area contributed by atoms with E-state index < -0.39 is 50.2 Å². The maximum atomic E-state index is 15.5. The van der Waals surface area contributed by atoms with Crippen LogP contribution in [0.3, 0.4) is 0 Å². The normalized spacial score (nSPS) is 30.4. The maximum Gasteiger partial charge on any atom is 0.459 e. The van der Waals surface area contributed by atoms with Gasteiger partial charge in [-0.25, -0.2) is 13.8 Å². The first-order valence-corrected chi connectivity index (χ1v) is 12.6. The molecular formula is C22H28FN4O7P. The second-order valence-corrected chi connectivity index (χ2v) is 10.5. The lowest BCUT2D eigenvalue weighted by Crippen LogP contribution is -2.43. The van der Waals surface area contributed by atoms with E-state index in [2.05, 4.69) is 10.1 Å². The summed E-state index contributed by atoms with van der Waals surface area (Å²) in [5.74, 6) is -0.0502. The molecule has 0 saturated carbocycles. The van der Waals surface area contributed by atoms with E-state index in [0.29, 0.717) is 18.7 Å². The fraction of sp³-hybridized carbons (Fsp3) is 0.500. The number of aliphatic hydroxyl groups is 1. The van der Waals surface area contributed by atoms with Crippen LogP contribution in [0, 0.1) is 6.92 Å². The number of ether oxygens (including phenoxy) is 1. The molecule has 4 rings (SSSR count). The number of likely N-dealkylation sites (tertiary alicyclic amines) is 1. The van der Waals surface area contributed by atoms with Crippen molar-refractivity contribution in [2.45, 2.75) is 50.4 Å². The largest absolute Gasteiger partial charge is 0.459 e. The van der Waals surface area contributed by atoms with E-state index in [-0.39, 0.29) is 11.7 Å². The molecule has 0 bridgehead atoms. The Hall–Kier alpha value is -2.63. The van der Waals surface area contributed by atoms with Crippen LogP contribution in [-0.2, 0) is 18.6 Å². The van der Waals surface area contributed by atoms with E-state index >= 15 is 4.39 Å². The summed E-state index contributed by atoms with van der Waals surface area (Å²) >= 11 is 0. The highest BCUT2D eigenvalue weighted by molar-refractivity contribution is 7.52. The monoisotopic (exact) mass is 510 g/mol. The zero-order valence-electron chi connectivity index (χ0n) is 19.5. The molecule has 2 N–H and O–H groups in total. The number of benzene rings is 1. The molecule has 2 aromatic rings. The molecule has 2 aliphatic heterocycles. The Kier molecular flexibility index (Phi) is 7.12. The van der Waals surface area contributed by atoms with Crippen LogP contribution in [0.2, 0.25) is 0 Å². The Morgan fingerprint density at radius 3 is 2.66 bits per heavy atom. The Morgan fingerprint density at radius 1 is 1.31 bits per heavy atom. The quantitative estimate of drug-likeness (QED) is 0.508. The minimum absolute atomic E-state index is 0.223. The van der Waals surface area contributed by atoms with Gasteiger partial charge < -0.3 is 19.3 Å². The fourth-order valence-corrected chi connectivity index (χ4v) is 5.59. The third kappa shape index (κ3) is 5.31. The van der Waals surface area contributed by atoms with E-state index in [1.807, 2.05) is 0 Å². The van der Waals surface area contributed by atoms with Gasteiger partial charge in [0.05, 0.1) is 12.6 Å². The molecule has 2 unspecified atom stereocenters. The van der Waals surface area contributed by atoms with Crippen LogP contribution in [0.5, 0.6) is 5.75 Å². The van der Waals surface area contributed by atoms with Crippen LogP contribution >= 0.6 is 7.75 Å². The number of nitrogens with one attached hydrogen (secondary N) is 1. The van der Waals surface area contributed by atoms with E-state index in [0.717, 1.165) is 11.5 Å². The van der Waals surface area contributed by atoms with Crippen LogP contribution < -0.4 is 15.3 Å². The number of rotatable bonds is 8. The van der Waals surface area contributed by atoms with E-state index in [1.165, 1.54) is 17.2 Å². The first-order valence-electron chi connectivity index (χ1n) is 11.1. The highest BCUT2D eigenvalue weighted by Gasteiger charge is 2.56. The van der Waals surface area contributed by atoms with Gasteiger partial charge in [-0.2, -0.15) is 10.1 Å². The summed E-state index contributed by atoms with van der Waals surface area (Å²) in [6, 6.07) is 8.92. The lowest BCUT2D eigenvalue weighted by atomic mass is 9.98. The fourth-order valence-electron chi connectivity index (χ4n) is 4.04. The van der Waals surface area contributed by atoms with Gasteiger partial charge >= 0.3 is 13.4 Å². The van der Waals surface area contributed by atoms with Gasteiger partial charge in [0.15, 0.2) is 11.9 Å². The van der Waals surface area contributed by atoms with Gasteiger partial charge in [0.1, 0.15) is 18.0 Å². The van der Waals surface area contributed by atoms with Crippen LogP contribution in [0.15, 0.2) is 47.4 Å². The van der Waals surface area contributed by atoms with Gasteiger partial charge in [-0.3, -0.25) is 13.9 Å². The average molecular weight is 510 g/mol. The first-order chi connectivity index (χ1) is 16.5. The minimum atomic E-state index is -4.17. The molecule has 0 spiro atoms. The van der Waals surface area contributed by atoms with Gasteiger partial charge in [-0.05, 0) is 38.5 Å². The minimum Gasteiger partial charge on any atom is -0.413 e. The van der Waals surface area contributed by atoms with Crippen LogP contribution in [-0.4, -0.2) is 69.6 Å². The topological polar surface area (TPSA) is 132 Å². The number of hydrogen-bond acceptors (Lipinski definition) is 8. The number of nitrogens with zero attached hydrogens (tertiary/aromatic N) is 3. The summed E-state index contributed by atoms with van der Waals surface area (Å²) in [5.41, 5.74) is -2.67. The van der Waals surface area contributed by atoms with Gasteiger partial charge in [0.2, 0.25) is 5.91 Å². The van der Waals surface area contributed by atoms with Gasteiger partial charge in [0.25, 0.3) is 0 Å². The number of aryl methyl sites for hydroxylation is 1. The molecule has 1 aromatic carbocycles. The Labute approximate surface area is 201 Å². The standard InChI is InChI=1S/C22H28FN4O7P/c1-14-9-12-27(21(30)24-14)20-22(2,23)18(28)17(33-20)13-32-35(31,34-15-7-5-4-6-8-15)25-16-10-11-26(3)19(16)29/h4-9,12,16-18,20,28H,10-11,13H2,1-3H3,(H,25,31)/t16?,17-,18-,20-,22-,35?/m1/s1.